The Morgan fingerprint density at radius 3 is 2.31 bits per heavy atom. The number of thioether (sulfide) groups is 1. The standard InChI is InChI=1S/C20H21N3O2S/c1-14(2)19-21-22-20(23(19)3)26-13-18(24)15-9-11-17(12-10-15)25-16-7-5-4-6-8-16/h4-12,14H,13H2,1-3H3. The van der Waals surface area contributed by atoms with Gasteiger partial charge in [0.15, 0.2) is 10.9 Å². The van der Waals surface area contributed by atoms with Crippen LogP contribution in [0.15, 0.2) is 59.8 Å². The van der Waals surface area contributed by atoms with E-state index in [-0.39, 0.29) is 5.78 Å². The SMILES string of the molecule is CC(C)c1nnc(SCC(=O)c2ccc(Oc3ccccc3)cc2)n1C. The van der Waals surface area contributed by atoms with Crippen molar-refractivity contribution < 1.29 is 9.53 Å². The van der Waals surface area contributed by atoms with Crippen molar-refractivity contribution in [3.8, 4) is 11.5 Å². The van der Waals surface area contributed by atoms with Gasteiger partial charge in [0.1, 0.15) is 17.3 Å². The molecule has 134 valence electrons. The molecule has 0 aliphatic heterocycles. The van der Waals surface area contributed by atoms with E-state index in [4.69, 9.17) is 4.74 Å². The first-order valence-corrected chi connectivity index (χ1v) is 9.41. The fourth-order valence-corrected chi connectivity index (χ4v) is 3.31. The zero-order chi connectivity index (χ0) is 18.5. The highest BCUT2D eigenvalue weighted by atomic mass is 32.2. The number of carbonyl (C=O) groups is 1. The maximum absolute atomic E-state index is 12.4. The highest BCUT2D eigenvalue weighted by Gasteiger charge is 2.14. The Balaban J connectivity index is 1.60. The Kier molecular flexibility index (Phi) is 5.73. The van der Waals surface area contributed by atoms with Crippen LogP contribution in [0, 0.1) is 0 Å². The van der Waals surface area contributed by atoms with Gasteiger partial charge < -0.3 is 9.30 Å². The molecule has 0 aliphatic carbocycles. The van der Waals surface area contributed by atoms with E-state index in [0.29, 0.717) is 23.0 Å². The summed E-state index contributed by atoms with van der Waals surface area (Å²) in [4.78, 5) is 12.4. The summed E-state index contributed by atoms with van der Waals surface area (Å²) in [6, 6.07) is 16.8. The van der Waals surface area contributed by atoms with Gasteiger partial charge in [0.05, 0.1) is 5.75 Å². The van der Waals surface area contributed by atoms with E-state index >= 15 is 0 Å². The van der Waals surface area contributed by atoms with Crippen molar-refractivity contribution in [2.24, 2.45) is 7.05 Å². The lowest BCUT2D eigenvalue weighted by molar-refractivity contribution is 0.102. The number of para-hydroxylation sites is 1. The van der Waals surface area contributed by atoms with Crippen LogP contribution in [-0.2, 0) is 7.05 Å². The van der Waals surface area contributed by atoms with Gasteiger partial charge in [0.2, 0.25) is 0 Å². The van der Waals surface area contributed by atoms with Crippen LogP contribution in [0.1, 0.15) is 35.9 Å². The quantitative estimate of drug-likeness (QED) is 0.447. The van der Waals surface area contributed by atoms with Crippen LogP contribution in [0.2, 0.25) is 0 Å². The number of hydrogen-bond donors (Lipinski definition) is 0. The number of ketones is 1. The molecule has 0 N–H and O–H groups in total. The summed E-state index contributed by atoms with van der Waals surface area (Å²) in [5.41, 5.74) is 0.657. The molecule has 1 aromatic heterocycles. The molecule has 3 rings (SSSR count). The van der Waals surface area contributed by atoms with Crippen LogP contribution in [0.25, 0.3) is 0 Å². The van der Waals surface area contributed by atoms with Crippen LogP contribution >= 0.6 is 11.8 Å². The molecule has 0 saturated heterocycles. The second-order valence-electron chi connectivity index (χ2n) is 6.21. The summed E-state index contributed by atoms with van der Waals surface area (Å²) >= 11 is 1.40. The van der Waals surface area contributed by atoms with Gasteiger partial charge in [-0.05, 0) is 36.4 Å². The molecule has 6 heteroatoms. The smallest absolute Gasteiger partial charge is 0.191 e. The average Bonchev–Trinajstić information content (AvgIpc) is 3.02. The van der Waals surface area contributed by atoms with Crippen LogP contribution in [0.3, 0.4) is 0 Å². The predicted octanol–water partition coefficient (Wildman–Crippen LogP) is 4.71. The fraction of sp³-hybridized carbons (Fsp3) is 0.250. The molecule has 0 bridgehead atoms. The van der Waals surface area contributed by atoms with E-state index in [1.54, 1.807) is 12.1 Å². The molecule has 3 aromatic rings. The molecule has 26 heavy (non-hydrogen) atoms. The summed E-state index contributed by atoms with van der Waals surface area (Å²) in [6.07, 6.45) is 0. The molecular weight excluding hydrogens is 346 g/mol. The second-order valence-corrected chi connectivity index (χ2v) is 7.15. The van der Waals surface area contributed by atoms with Crippen molar-refractivity contribution in [3.05, 3.63) is 66.0 Å². The van der Waals surface area contributed by atoms with Crippen molar-refractivity contribution in [3.63, 3.8) is 0 Å². The molecule has 0 atom stereocenters. The maximum Gasteiger partial charge on any atom is 0.191 e. The largest absolute Gasteiger partial charge is 0.457 e. The summed E-state index contributed by atoms with van der Waals surface area (Å²) in [6.45, 7) is 4.14. The van der Waals surface area contributed by atoms with E-state index in [2.05, 4.69) is 24.0 Å². The Bertz CT molecular complexity index is 874. The minimum atomic E-state index is 0.0513. The molecule has 0 saturated carbocycles. The molecule has 0 unspecified atom stereocenters. The highest BCUT2D eigenvalue weighted by molar-refractivity contribution is 7.99. The number of carbonyl (C=O) groups excluding carboxylic acids is 1. The lowest BCUT2D eigenvalue weighted by Gasteiger charge is -2.07. The van der Waals surface area contributed by atoms with Gasteiger partial charge in [-0.3, -0.25) is 4.79 Å². The van der Waals surface area contributed by atoms with Crippen LogP contribution in [-0.4, -0.2) is 26.3 Å². The highest BCUT2D eigenvalue weighted by Crippen LogP contribution is 2.23. The molecule has 5 nitrogen and oxygen atoms in total. The lowest BCUT2D eigenvalue weighted by Crippen LogP contribution is -2.05. The third-order valence-corrected chi connectivity index (χ3v) is 4.89. The van der Waals surface area contributed by atoms with Crippen LogP contribution in [0.4, 0.5) is 0 Å². The number of hydrogen-bond acceptors (Lipinski definition) is 5. The Morgan fingerprint density at radius 2 is 1.69 bits per heavy atom. The number of aromatic nitrogens is 3. The molecule has 0 amide bonds. The van der Waals surface area contributed by atoms with Crippen molar-refractivity contribution in [1.82, 2.24) is 14.8 Å². The average molecular weight is 367 g/mol. The summed E-state index contributed by atoms with van der Waals surface area (Å²) in [7, 11) is 1.93. The normalized spacial score (nSPS) is 10.9. The first kappa shape index (κ1) is 18.2. The molecule has 0 spiro atoms. The van der Waals surface area contributed by atoms with Gasteiger partial charge in [-0.2, -0.15) is 0 Å². The van der Waals surface area contributed by atoms with Crippen molar-refractivity contribution in [1.29, 1.82) is 0 Å². The van der Waals surface area contributed by atoms with E-state index in [9.17, 15) is 4.79 Å². The van der Waals surface area contributed by atoms with Gasteiger partial charge in [0.25, 0.3) is 0 Å². The van der Waals surface area contributed by atoms with E-state index in [1.165, 1.54) is 11.8 Å². The first-order valence-electron chi connectivity index (χ1n) is 8.43. The van der Waals surface area contributed by atoms with Gasteiger partial charge in [0, 0.05) is 18.5 Å². The Morgan fingerprint density at radius 1 is 1.04 bits per heavy atom. The molecular formula is C20H21N3O2S. The van der Waals surface area contributed by atoms with Gasteiger partial charge in [-0.1, -0.05) is 43.8 Å². The third-order valence-electron chi connectivity index (χ3n) is 3.87. The van der Waals surface area contributed by atoms with Crippen LogP contribution < -0.4 is 4.74 Å². The minimum Gasteiger partial charge on any atom is -0.457 e. The van der Waals surface area contributed by atoms with Crippen LogP contribution in [0.5, 0.6) is 11.5 Å². The zero-order valence-corrected chi connectivity index (χ0v) is 15.9. The summed E-state index contributed by atoms with van der Waals surface area (Å²) in [5, 5.41) is 9.10. The fourth-order valence-electron chi connectivity index (χ4n) is 2.50. The van der Waals surface area contributed by atoms with E-state index < -0.39 is 0 Å². The third kappa shape index (κ3) is 4.32. The van der Waals surface area contributed by atoms with Gasteiger partial charge >= 0.3 is 0 Å². The Hall–Kier alpha value is -2.60. The summed E-state index contributed by atoms with van der Waals surface area (Å²) < 4.78 is 7.69. The predicted molar refractivity (Wildman–Crippen MR) is 103 cm³/mol. The van der Waals surface area contributed by atoms with Gasteiger partial charge in [-0.25, -0.2) is 0 Å². The molecule has 1 heterocycles. The first-order chi connectivity index (χ1) is 12.5. The number of Topliss-reactive ketones (excluding diaryl/α,β-unsaturated/α-hetero) is 1. The monoisotopic (exact) mass is 367 g/mol. The molecule has 0 radical (unpaired) electrons. The molecule has 2 aromatic carbocycles. The molecule has 0 aliphatic rings. The molecule has 0 fully saturated rings. The number of rotatable bonds is 7. The van der Waals surface area contributed by atoms with Crippen molar-refractivity contribution in [2.75, 3.05) is 5.75 Å². The number of ether oxygens (including phenoxy) is 1. The zero-order valence-electron chi connectivity index (χ0n) is 15.0. The van der Waals surface area contributed by atoms with Crippen molar-refractivity contribution in [2.45, 2.75) is 24.9 Å². The maximum atomic E-state index is 12.4. The number of nitrogens with zero attached hydrogens (tertiary/aromatic N) is 3. The van der Waals surface area contributed by atoms with Gasteiger partial charge in [-0.15, -0.1) is 10.2 Å². The lowest BCUT2D eigenvalue weighted by atomic mass is 10.1. The second kappa shape index (κ2) is 8.19. The minimum absolute atomic E-state index is 0.0513. The van der Waals surface area contributed by atoms with E-state index in [1.807, 2.05) is 54.1 Å². The Labute approximate surface area is 157 Å². The number of benzene rings is 2. The topological polar surface area (TPSA) is 57.0 Å². The summed E-state index contributed by atoms with van der Waals surface area (Å²) in [5.74, 6) is 3.07. The van der Waals surface area contributed by atoms with E-state index in [0.717, 1.165) is 16.7 Å². The van der Waals surface area contributed by atoms with Crippen molar-refractivity contribution >= 4 is 17.5 Å².